The molecule has 1 aromatic heterocycles. The van der Waals surface area contributed by atoms with Crippen LogP contribution in [-0.4, -0.2) is 24.2 Å². The zero-order valence-electron chi connectivity index (χ0n) is 20.9. The Labute approximate surface area is 218 Å². The smallest absolute Gasteiger partial charge is 0.291 e. The number of amides is 1. The Kier molecular flexibility index (Phi) is 6.23. The summed E-state index contributed by atoms with van der Waals surface area (Å²) in [6.45, 7) is 3.04. The Bertz CT molecular complexity index is 1600. The van der Waals surface area contributed by atoms with Crippen LogP contribution in [0.4, 0.5) is 4.39 Å². The minimum Gasteiger partial charge on any atom is -0.494 e. The van der Waals surface area contributed by atoms with Gasteiger partial charge in [-0.1, -0.05) is 38.0 Å². The number of carbonyl (C=O) groups excluding carboxylic acids is 1. The molecular weight excluding hydrogens is 489 g/mol. The summed E-state index contributed by atoms with van der Waals surface area (Å²) in [5.41, 5.74) is 1.43. The third-order valence-electron chi connectivity index (χ3n) is 6.91. The number of rotatable bonds is 8. The summed E-state index contributed by atoms with van der Waals surface area (Å²) in [4.78, 5) is 29.0. The summed E-state index contributed by atoms with van der Waals surface area (Å²) < 4.78 is 36.9. The maximum Gasteiger partial charge on any atom is 0.291 e. The number of hydrogen-bond acceptors (Lipinski definition) is 6. The molecule has 194 valence electrons. The molecular formula is C30H26FNO6. The van der Waals surface area contributed by atoms with E-state index in [-0.39, 0.29) is 35.6 Å². The second kappa shape index (κ2) is 9.85. The number of fused-ring (bicyclic) bond motifs is 3. The van der Waals surface area contributed by atoms with E-state index in [4.69, 9.17) is 18.6 Å². The van der Waals surface area contributed by atoms with E-state index >= 15 is 0 Å². The zero-order chi connectivity index (χ0) is 26.2. The summed E-state index contributed by atoms with van der Waals surface area (Å²) in [5.74, 6) is 0.888. The van der Waals surface area contributed by atoms with Crippen molar-refractivity contribution in [3.05, 3.63) is 99.2 Å². The highest BCUT2D eigenvalue weighted by Gasteiger charge is 2.43. The average molecular weight is 516 g/mol. The van der Waals surface area contributed by atoms with Crippen molar-refractivity contribution in [3.63, 3.8) is 0 Å². The monoisotopic (exact) mass is 515 g/mol. The van der Waals surface area contributed by atoms with Gasteiger partial charge in [0.15, 0.2) is 16.9 Å². The van der Waals surface area contributed by atoms with Gasteiger partial charge in [-0.2, -0.15) is 0 Å². The fourth-order valence-corrected chi connectivity index (χ4v) is 5.05. The van der Waals surface area contributed by atoms with Crippen LogP contribution in [0.3, 0.4) is 0 Å². The van der Waals surface area contributed by atoms with Crippen molar-refractivity contribution in [2.24, 2.45) is 0 Å². The molecule has 0 radical (unpaired) electrons. The van der Waals surface area contributed by atoms with E-state index in [1.165, 1.54) is 12.1 Å². The van der Waals surface area contributed by atoms with Crippen molar-refractivity contribution in [1.29, 1.82) is 0 Å². The normalized spacial score (nSPS) is 15.8. The van der Waals surface area contributed by atoms with E-state index in [9.17, 15) is 14.0 Å². The fraction of sp³-hybridized carbons (Fsp3) is 0.267. The molecule has 0 fully saturated rings. The molecule has 4 aromatic rings. The predicted molar refractivity (Wildman–Crippen MR) is 138 cm³/mol. The van der Waals surface area contributed by atoms with Gasteiger partial charge in [0.05, 0.1) is 23.6 Å². The minimum absolute atomic E-state index is 0.0332. The van der Waals surface area contributed by atoms with Crippen LogP contribution < -0.4 is 19.6 Å². The van der Waals surface area contributed by atoms with Gasteiger partial charge in [0.2, 0.25) is 12.6 Å². The number of hydrogen-bond donors (Lipinski definition) is 0. The maximum atomic E-state index is 14.1. The van der Waals surface area contributed by atoms with Crippen LogP contribution in [0.5, 0.6) is 17.2 Å². The van der Waals surface area contributed by atoms with E-state index < -0.39 is 23.2 Å². The summed E-state index contributed by atoms with van der Waals surface area (Å²) in [5, 5.41) is 0.0958. The first-order chi connectivity index (χ1) is 18.5. The third kappa shape index (κ3) is 4.26. The second-order valence-corrected chi connectivity index (χ2v) is 9.47. The Morgan fingerprint density at radius 3 is 2.74 bits per heavy atom. The number of benzene rings is 3. The van der Waals surface area contributed by atoms with E-state index in [1.54, 1.807) is 11.0 Å². The lowest BCUT2D eigenvalue weighted by Crippen LogP contribution is -2.29. The molecule has 3 heterocycles. The zero-order valence-corrected chi connectivity index (χ0v) is 20.9. The van der Waals surface area contributed by atoms with E-state index in [0.717, 1.165) is 30.9 Å². The van der Waals surface area contributed by atoms with Crippen LogP contribution in [-0.2, 0) is 6.54 Å². The van der Waals surface area contributed by atoms with Crippen molar-refractivity contribution in [2.45, 2.75) is 38.8 Å². The Morgan fingerprint density at radius 1 is 1.00 bits per heavy atom. The molecule has 2 aliphatic rings. The van der Waals surface area contributed by atoms with Gasteiger partial charge in [-0.3, -0.25) is 9.59 Å². The first-order valence-electron chi connectivity index (χ1n) is 12.7. The molecule has 38 heavy (non-hydrogen) atoms. The fourth-order valence-electron chi connectivity index (χ4n) is 5.05. The molecule has 8 heteroatoms. The quantitative estimate of drug-likeness (QED) is 0.269. The molecule has 3 aromatic carbocycles. The Hall–Kier alpha value is -4.33. The van der Waals surface area contributed by atoms with Crippen molar-refractivity contribution in [2.75, 3.05) is 13.4 Å². The van der Waals surface area contributed by atoms with Gasteiger partial charge in [0, 0.05) is 6.54 Å². The van der Waals surface area contributed by atoms with Gasteiger partial charge in [-0.15, -0.1) is 0 Å². The van der Waals surface area contributed by atoms with Gasteiger partial charge < -0.3 is 23.5 Å². The first-order valence-corrected chi connectivity index (χ1v) is 12.7. The molecule has 2 aliphatic heterocycles. The maximum absolute atomic E-state index is 14.1. The van der Waals surface area contributed by atoms with Crippen molar-refractivity contribution >= 4 is 16.9 Å². The van der Waals surface area contributed by atoms with Gasteiger partial charge in [-0.05, 0) is 60.0 Å². The van der Waals surface area contributed by atoms with Crippen LogP contribution >= 0.6 is 0 Å². The highest BCUT2D eigenvalue weighted by molar-refractivity contribution is 5.99. The lowest BCUT2D eigenvalue weighted by molar-refractivity contribution is 0.0714. The van der Waals surface area contributed by atoms with Gasteiger partial charge in [-0.25, -0.2) is 4.39 Å². The van der Waals surface area contributed by atoms with Crippen LogP contribution in [0.1, 0.15) is 59.5 Å². The highest BCUT2D eigenvalue weighted by Crippen LogP contribution is 2.41. The van der Waals surface area contributed by atoms with Crippen molar-refractivity contribution in [1.82, 2.24) is 4.90 Å². The van der Waals surface area contributed by atoms with E-state index in [2.05, 4.69) is 6.92 Å². The molecule has 0 N–H and O–H groups in total. The molecule has 0 spiro atoms. The Morgan fingerprint density at radius 2 is 1.87 bits per heavy atom. The van der Waals surface area contributed by atoms with Gasteiger partial charge in [0.25, 0.3) is 5.91 Å². The van der Waals surface area contributed by atoms with E-state index in [1.807, 2.05) is 36.4 Å². The molecule has 7 nitrogen and oxygen atoms in total. The summed E-state index contributed by atoms with van der Waals surface area (Å²) in [6, 6.07) is 15.9. The number of nitrogens with zero attached hydrogens (tertiary/aromatic N) is 1. The van der Waals surface area contributed by atoms with Gasteiger partial charge in [0.1, 0.15) is 17.1 Å². The first kappa shape index (κ1) is 24.0. The molecule has 0 aliphatic carbocycles. The molecule has 1 amide bonds. The molecule has 6 rings (SSSR count). The lowest BCUT2D eigenvalue weighted by atomic mass is 9.98. The molecule has 0 saturated heterocycles. The average Bonchev–Trinajstić information content (AvgIpc) is 3.50. The van der Waals surface area contributed by atoms with Crippen LogP contribution in [0.15, 0.2) is 69.9 Å². The standard InChI is InChI=1S/C30H26FNO6/c1-2-3-4-12-35-21-7-5-6-19(14-21)27-26-28(33)22-15-20(31)9-11-23(22)38-29(26)30(34)32(27)16-18-8-10-24-25(13-18)37-17-36-24/h5-11,13-15,27H,2-4,12,16-17H2,1H3. The minimum atomic E-state index is -0.744. The SMILES string of the molecule is CCCCCOc1cccc(C2c3c(oc4ccc(F)cc4c3=O)C(=O)N2Cc2ccc3c(c2)OCO3)c1. The second-order valence-electron chi connectivity index (χ2n) is 9.47. The van der Waals surface area contributed by atoms with E-state index in [0.29, 0.717) is 29.4 Å². The number of unbranched alkanes of at least 4 members (excludes halogenated alkanes) is 2. The van der Waals surface area contributed by atoms with Crippen molar-refractivity contribution < 1.29 is 27.8 Å². The largest absolute Gasteiger partial charge is 0.494 e. The van der Waals surface area contributed by atoms with Gasteiger partial charge >= 0.3 is 0 Å². The molecule has 0 saturated carbocycles. The summed E-state index contributed by atoms with van der Waals surface area (Å²) >= 11 is 0. The Balaban J connectivity index is 1.44. The summed E-state index contributed by atoms with van der Waals surface area (Å²) in [6.07, 6.45) is 3.09. The lowest BCUT2D eigenvalue weighted by Gasteiger charge is -2.25. The molecule has 1 atom stereocenters. The van der Waals surface area contributed by atoms with Crippen LogP contribution in [0.25, 0.3) is 11.0 Å². The highest BCUT2D eigenvalue weighted by atomic mass is 19.1. The number of ether oxygens (including phenoxy) is 3. The predicted octanol–water partition coefficient (Wildman–Crippen LogP) is 5.98. The number of carbonyl (C=O) groups is 1. The topological polar surface area (TPSA) is 78.2 Å². The summed E-state index contributed by atoms with van der Waals surface area (Å²) in [7, 11) is 0. The third-order valence-corrected chi connectivity index (χ3v) is 6.91. The van der Waals surface area contributed by atoms with Crippen molar-refractivity contribution in [3.8, 4) is 17.2 Å². The number of halogens is 1. The van der Waals surface area contributed by atoms with Crippen LogP contribution in [0, 0.1) is 5.82 Å². The molecule has 0 bridgehead atoms. The molecule has 1 unspecified atom stereocenters. The van der Waals surface area contributed by atoms with Crippen LogP contribution in [0.2, 0.25) is 0 Å².